The summed E-state index contributed by atoms with van der Waals surface area (Å²) in [6.45, 7) is 0. The van der Waals surface area contributed by atoms with E-state index in [9.17, 15) is 19.3 Å². The highest BCUT2D eigenvalue weighted by Gasteiger charge is 2.14. The van der Waals surface area contributed by atoms with Gasteiger partial charge in [0.05, 0.1) is 15.9 Å². The minimum atomic E-state index is -1.23. The molecule has 0 aliphatic heterocycles. The molecule has 0 spiro atoms. The molecule has 98 valence electrons. The molecule has 0 aliphatic rings. The Morgan fingerprint density at radius 1 is 1.37 bits per heavy atom. The number of carboxylic acid groups (broad SMARTS) is 1. The lowest BCUT2D eigenvalue weighted by Gasteiger charge is -2.00. The zero-order chi connectivity index (χ0) is 14.0. The average molecular weight is 283 g/mol. The molecule has 0 saturated carbocycles. The van der Waals surface area contributed by atoms with Crippen LogP contribution in [0.3, 0.4) is 0 Å². The largest absolute Gasteiger partial charge is 0.475 e. The van der Waals surface area contributed by atoms with E-state index in [-0.39, 0.29) is 21.4 Å². The van der Waals surface area contributed by atoms with E-state index in [4.69, 9.17) is 9.52 Å². The molecule has 6 nitrogen and oxygen atoms in total. The van der Waals surface area contributed by atoms with E-state index in [2.05, 4.69) is 0 Å². The smallest absolute Gasteiger partial charge is 0.371 e. The van der Waals surface area contributed by atoms with Gasteiger partial charge in [-0.2, -0.15) is 0 Å². The molecule has 1 aromatic carbocycles. The van der Waals surface area contributed by atoms with Gasteiger partial charge in [-0.25, -0.2) is 9.18 Å². The summed E-state index contributed by atoms with van der Waals surface area (Å²) in [5, 5.41) is 19.3. The number of benzene rings is 1. The Morgan fingerprint density at radius 2 is 2.11 bits per heavy atom. The van der Waals surface area contributed by atoms with Crippen molar-refractivity contribution in [3.8, 4) is 0 Å². The Bertz CT molecular complexity index is 654. The highest BCUT2D eigenvalue weighted by atomic mass is 32.2. The molecular formula is C11H6FNO5S. The Hall–Kier alpha value is -2.35. The van der Waals surface area contributed by atoms with Crippen LogP contribution < -0.4 is 0 Å². The SMILES string of the molecule is O=C(O)c1ccc(Sc2ccc([N+](=O)[O-])cc2F)o1. The molecule has 19 heavy (non-hydrogen) atoms. The first-order valence-corrected chi connectivity index (χ1v) is 5.74. The lowest BCUT2D eigenvalue weighted by molar-refractivity contribution is -0.385. The number of hydrogen-bond acceptors (Lipinski definition) is 5. The van der Waals surface area contributed by atoms with Crippen LogP contribution in [0.15, 0.2) is 44.7 Å². The summed E-state index contributed by atoms with van der Waals surface area (Å²) in [5.41, 5.74) is -0.354. The molecule has 1 heterocycles. The van der Waals surface area contributed by atoms with Gasteiger partial charge in [0.2, 0.25) is 5.76 Å². The molecule has 0 fully saturated rings. The van der Waals surface area contributed by atoms with Gasteiger partial charge in [0.25, 0.3) is 5.69 Å². The molecule has 0 atom stereocenters. The number of non-ortho nitro benzene ring substituents is 1. The van der Waals surface area contributed by atoms with Gasteiger partial charge in [-0.1, -0.05) is 0 Å². The van der Waals surface area contributed by atoms with E-state index in [0.717, 1.165) is 23.9 Å². The number of carbonyl (C=O) groups is 1. The van der Waals surface area contributed by atoms with Crippen molar-refractivity contribution >= 4 is 23.4 Å². The highest BCUT2D eigenvalue weighted by Crippen LogP contribution is 2.32. The summed E-state index contributed by atoms with van der Waals surface area (Å²) in [4.78, 5) is 20.5. The van der Waals surface area contributed by atoms with Crippen molar-refractivity contribution in [3.05, 3.63) is 52.0 Å². The van der Waals surface area contributed by atoms with Crippen molar-refractivity contribution in [2.45, 2.75) is 9.99 Å². The Morgan fingerprint density at radius 3 is 2.63 bits per heavy atom. The normalized spacial score (nSPS) is 10.4. The van der Waals surface area contributed by atoms with Crippen LogP contribution in [0.1, 0.15) is 10.6 Å². The van der Waals surface area contributed by atoms with E-state index in [1.54, 1.807) is 0 Å². The van der Waals surface area contributed by atoms with E-state index in [1.807, 2.05) is 0 Å². The van der Waals surface area contributed by atoms with E-state index >= 15 is 0 Å². The summed E-state index contributed by atoms with van der Waals surface area (Å²) in [7, 11) is 0. The van der Waals surface area contributed by atoms with Gasteiger partial charge in [0.1, 0.15) is 5.82 Å². The van der Waals surface area contributed by atoms with Crippen molar-refractivity contribution in [1.29, 1.82) is 0 Å². The number of hydrogen-bond donors (Lipinski definition) is 1. The highest BCUT2D eigenvalue weighted by molar-refractivity contribution is 7.99. The number of nitro benzene ring substituents is 1. The molecule has 1 N–H and O–H groups in total. The molecule has 0 unspecified atom stereocenters. The van der Waals surface area contributed by atoms with Gasteiger partial charge in [0, 0.05) is 6.07 Å². The quantitative estimate of drug-likeness (QED) is 0.684. The second kappa shape index (κ2) is 5.11. The van der Waals surface area contributed by atoms with Gasteiger partial charge in [-0.15, -0.1) is 0 Å². The number of furan rings is 1. The van der Waals surface area contributed by atoms with E-state index < -0.39 is 16.7 Å². The van der Waals surface area contributed by atoms with E-state index in [1.165, 1.54) is 18.2 Å². The average Bonchev–Trinajstić information content (AvgIpc) is 2.80. The maximum atomic E-state index is 13.6. The van der Waals surface area contributed by atoms with Gasteiger partial charge in [-0.3, -0.25) is 10.1 Å². The lowest BCUT2D eigenvalue weighted by Crippen LogP contribution is -1.91. The molecule has 0 radical (unpaired) electrons. The summed E-state index contributed by atoms with van der Waals surface area (Å²) in [6, 6.07) is 5.82. The standard InChI is InChI=1S/C11H6FNO5S/c12-7-5-6(13(16)17)1-3-9(7)19-10-4-2-8(18-10)11(14)15/h1-5H,(H,14,15). The topological polar surface area (TPSA) is 93.6 Å². The number of rotatable bonds is 4. The second-order valence-electron chi connectivity index (χ2n) is 3.40. The fourth-order valence-corrected chi connectivity index (χ4v) is 2.06. The first-order valence-electron chi connectivity index (χ1n) is 4.92. The summed E-state index contributed by atoms with van der Waals surface area (Å²) in [6.07, 6.45) is 0. The summed E-state index contributed by atoms with van der Waals surface area (Å²) < 4.78 is 18.5. The third kappa shape index (κ3) is 2.91. The maximum absolute atomic E-state index is 13.6. The zero-order valence-corrected chi connectivity index (χ0v) is 10.0. The molecule has 0 aliphatic carbocycles. The Balaban J connectivity index is 2.23. The molecule has 0 saturated heterocycles. The number of nitrogens with zero attached hydrogens (tertiary/aromatic N) is 1. The number of carboxylic acids is 1. The minimum Gasteiger partial charge on any atom is -0.475 e. The van der Waals surface area contributed by atoms with Crippen molar-refractivity contribution in [1.82, 2.24) is 0 Å². The van der Waals surface area contributed by atoms with Crippen LogP contribution in [-0.4, -0.2) is 16.0 Å². The monoisotopic (exact) mass is 283 g/mol. The van der Waals surface area contributed by atoms with Crippen LogP contribution in [-0.2, 0) is 0 Å². The van der Waals surface area contributed by atoms with Gasteiger partial charge in [0.15, 0.2) is 5.09 Å². The predicted molar refractivity (Wildman–Crippen MR) is 62.8 cm³/mol. The van der Waals surface area contributed by atoms with Crippen LogP contribution in [0.4, 0.5) is 10.1 Å². The third-order valence-corrected chi connectivity index (χ3v) is 3.10. The van der Waals surface area contributed by atoms with Crippen LogP contribution in [0.25, 0.3) is 0 Å². The molecule has 2 aromatic rings. The summed E-state index contributed by atoms with van der Waals surface area (Å²) in [5.74, 6) is -2.26. The first-order chi connectivity index (χ1) is 8.97. The molecular weight excluding hydrogens is 277 g/mol. The fraction of sp³-hybridized carbons (Fsp3) is 0. The second-order valence-corrected chi connectivity index (χ2v) is 4.44. The Kier molecular flexibility index (Phi) is 3.52. The van der Waals surface area contributed by atoms with Gasteiger partial charge in [-0.05, 0) is 30.0 Å². The first kappa shape index (κ1) is 13.1. The third-order valence-electron chi connectivity index (χ3n) is 2.13. The molecule has 0 bridgehead atoms. The molecule has 1 aromatic heterocycles. The van der Waals surface area contributed by atoms with Gasteiger partial charge < -0.3 is 9.52 Å². The van der Waals surface area contributed by atoms with Crippen LogP contribution in [0.2, 0.25) is 0 Å². The van der Waals surface area contributed by atoms with E-state index in [0.29, 0.717) is 0 Å². The molecule has 8 heteroatoms. The minimum absolute atomic E-state index is 0.108. The van der Waals surface area contributed by atoms with Gasteiger partial charge >= 0.3 is 5.97 Å². The van der Waals surface area contributed by atoms with Crippen molar-refractivity contribution in [2.24, 2.45) is 0 Å². The number of nitro groups is 1. The zero-order valence-electron chi connectivity index (χ0n) is 9.20. The lowest BCUT2D eigenvalue weighted by atomic mass is 10.3. The Labute approximate surface area is 110 Å². The molecule has 0 amide bonds. The van der Waals surface area contributed by atoms with Crippen molar-refractivity contribution < 1.29 is 23.6 Å². The summed E-state index contributed by atoms with van der Waals surface area (Å²) >= 11 is 0.845. The number of aromatic carboxylic acids is 1. The maximum Gasteiger partial charge on any atom is 0.371 e. The van der Waals surface area contributed by atoms with Crippen LogP contribution >= 0.6 is 11.8 Å². The number of halogens is 1. The van der Waals surface area contributed by atoms with Crippen molar-refractivity contribution in [3.63, 3.8) is 0 Å². The molecule has 2 rings (SSSR count). The van der Waals surface area contributed by atoms with Crippen LogP contribution in [0.5, 0.6) is 0 Å². The van der Waals surface area contributed by atoms with Crippen molar-refractivity contribution in [2.75, 3.05) is 0 Å². The fourth-order valence-electron chi connectivity index (χ4n) is 1.28. The predicted octanol–water partition coefficient (Wildman–Crippen LogP) is 3.18. The van der Waals surface area contributed by atoms with Crippen LogP contribution in [0, 0.1) is 15.9 Å².